The number of likely N-dealkylation sites (tertiary alicyclic amines) is 1. The highest BCUT2D eigenvalue weighted by molar-refractivity contribution is 5.78. The first-order chi connectivity index (χ1) is 10.1. The minimum Gasteiger partial charge on any atom is -0.342 e. The van der Waals surface area contributed by atoms with Crippen LogP contribution in [0.15, 0.2) is 29.1 Å². The molecular weight excluding hydrogens is 266 g/mol. The maximum atomic E-state index is 12.2. The van der Waals surface area contributed by atoms with E-state index in [1.807, 2.05) is 47.6 Å². The molecule has 0 saturated carbocycles. The summed E-state index contributed by atoms with van der Waals surface area (Å²) in [4.78, 5) is 29.0. The normalized spacial score (nSPS) is 16.8. The van der Waals surface area contributed by atoms with Crippen LogP contribution < -0.4 is 5.69 Å². The Morgan fingerprint density at radius 1 is 1.24 bits per heavy atom. The van der Waals surface area contributed by atoms with Gasteiger partial charge in [-0.05, 0) is 25.0 Å². The van der Waals surface area contributed by atoms with Crippen LogP contribution in [-0.2, 0) is 4.79 Å². The Morgan fingerprint density at radius 2 is 1.90 bits per heavy atom. The first-order valence-electron chi connectivity index (χ1n) is 7.56. The van der Waals surface area contributed by atoms with Crippen molar-refractivity contribution in [2.45, 2.75) is 32.7 Å². The first kappa shape index (κ1) is 13.9. The highest BCUT2D eigenvalue weighted by atomic mass is 16.2. The van der Waals surface area contributed by atoms with Crippen molar-refractivity contribution in [2.24, 2.45) is 5.92 Å². The molecule has 1 aliphatic heterocycles. The summed E-state index contributed by atoms with van der Waals surface area (Å²) < 4.78 is 1.85. The van der Waals surface area contributed by atoms with Crippen molar-refractivity contribution >= 4 is 16.9 Å². The van der Waals surface area contributed by atoms with E-state index in [0.717, 1.165) is 37.0 Å². The zero-order valence-corrected chi connectivity index (χ0v) is 12.5. The van der Waals surface area contributed by atoms with Crippen molar-refractivity contribution in [1.82, 2.24) is 14.5 Å². The number of benzene rings is 1. The zero-order valence-electron chi connectivity index (χ0n) is 12.5. The van der Waals surface area contributed by atoms with Crippen LogP contribution in [-0.4, -0.2) is 33.4 Å². The van der Waals surface area contributed by atoms with Crippen molar-refractivity contribution in [3.8, 4) is 0 Å². The molecule has 5 heteroatoms. The van der Waals surface area contributed by atoms with Crippen LogP contribution in [0.25, 0.3) is 11.0 Å². The summed E-state index contributed by atoms with van der Waals surface area (Å²) in [6, 6.07) is 7.93. The van der Waals surface area contributed by atoms with Gasteiger partial charge in [0.25, 0.3) is 0 Å². The molecule has 3 rings (SSSR count). The summed E-state index contributed by atoms with van der Waals surface area (Å²) in [6.07, 6.45) is 1.67. The first-order valence-corrected chi connectivity index (χ1v) is 7.56. The Bertz CT molecular complexity index is 706. The summed E-state index contributed by atoms with van der Waals surface area (Å²) in [5.41, 5.74) is 1.78. The van der Waals surface area contributed by atoms with E-state index < -0.39 is 0 Å². The molecule has 2 heterocycles. The summed E-state index contributed by atoms with van der Waals surface area (Å²) in [5.74, 6) is 0.247. The highest BCUT2D eigenvalue weighted by Gasteiger charge is 2.26. The number of aromatic amines is 1. The number of carbonyl (C=O) groups is 1. The quantitative estimate of drug-likeness (QED) is 0.920. The molecule has 0 unspecified atom stereocenters. The number of amides is 1. The van der Waals surface area contributed by atoms with Crippen LogP contribution in [0.4, 0.5) is 0 Å². The number of hydrogen-bond donors (Lipinski definition) is 1. The van der Waals surface area contributed by atoms with Gasteiger partial charge in [0.1, 0.15) is 0 Å². The van der Waals surface area contributed by atoms with Crippen LogP contribution in [0.3, 0.4) is 0 Å². The van der Waals surface area contributed by atoms with E-state index in [9.17, 15) is 9.59 Å². The predicted molar refractivity (Wildman–Crippen MR) is 82.2 cm³/mol. The number of carbonyl (C=O) groups excluding carboxylic acids is 1. The Hall–Kier alpha value is -2.04. The molecule has 0 radical (unpaired) electrons. The molecule has 1 aromatic heterocycles. The van der Waals surface area contributed by atoms with Gasteiger partial charge in [0.05, 0.1) is 11.0 Å². The summed E-state index contributed by atoms with van der Waals surface area (Å²) >= 11 is 0. The van der Waals surface area contributed by atoms with Crippen molar-refractivity contribution in [3.63, 3.8) is 0 Å². The minimum absolute atomic E-state index is 0.0392. The standard InChI is InChI=1S/C16H21N3O2/c1-11(2)15(20)18-9-7-12(8-10-18)19-14-6-4-3-5-13(14)17-16(19)21/h3-6,11-12H,7-10H2,1-2H3,(H,17,21). The van der Waals surface area contributed by atoms with Gasteiger partial charge in [0.15, 0.2) is 0 Å². The van der Waals surface area contributed by atoms with Gasteiger partial charge in [0.2, 0.25) is 5.91 Å². The fourth-order valence-corrected chi connectivity index (χ4v) is 3.15. The molecule has 1 aliphatic rings. The predicted octanol–water partition coefficient (Wildman–Crippen LogP) is 2.15. The maximum Gasteiger partial charge on any atom is 0.326 e. The molecular formula is C16H21N3O2. The molecule has 0 spiro atoms. The molecule has 1 aromatic carbocycles. The second-order valence-corrected chi connectivity index (χ2v) is 6.03. The van der Waals surface area contributed by atoms with Gasteiger partial charge in [0, 0.05) is 25.0 Å². The minimum atomic E-state index is -0.0511. The zero-order chi connectivity index (χ0) is 15.0. The van der Waals surface area contributed by atoms with Gasteiger partial charge in [-0.3, -0.25) is 9.36 Å². The lowest BCUT2D eigenvalue weighted by atomic mass is 10.0. The Labute approximate surface area is 123 Å². The SMILES string of the molecule is CC(C)C(=O)N1CCC(n2c(=O)[nH]c3ccccc32)CC1. The third kappa shape index (κ3) is 2.48. The number of hydrogen-bond acceptors (Lipinski definition) is 2. The third-order valence-corrected chi connectivity index (χ3v) is 4.26. The number of H-pyrrole nitrogens is 1. The Kier molecular flexibility index (Phi) is 3.57. The van der Waals surface area contributed by atoms with Crippen LogP contribution in [0.2, 0.25) is 0 Å². The molecule has 0 atom stereocenters. The fraction of sp³-hybridized carbons (Fsp3) is 0.500. The van der Waals surface area contributed by atoms with E-state index in [2.05, 4.69) is 4.98 Å². The summed E-state index contributed by atoms with van der Waals surface area (Å²) in [6.45, 7) is 5.32. The molecule has 1 N–H and O–H groups in total. The second-order valence-electron chi connectivity index (χ2n) is 6.03. The van der Waals surface area contributed by atoms with Crippen LogP contribution >= 0.6 is 0 Å². The van der Waals surface area contributed by atoms with Crippen molar-refractivity contribution < 1.29 is 4.79 Å². The molecule has 1 amide bonds. The Balaban J connectivity index is 1.82. The number of nitrogens with zero attached hydrogens (tertiary/aromatic N) is 2. The van der Waals surface area contributed by atoms with E-state index in [4.69, 9.17) is 0 Å². The molecule has 0 aliphatic carbocycles. The monoisotopic (exact) mass is 287 g/mol. The average molecular weight is 287 g/mol. The van der Waals surface area contributed by atoms with E-state index >= 15 is 0 Å². The van der Waals surface area contributed by atoms with E-state index in [1.165, 1.54) is 0 Å². The third-order valence-electron chi connectivity index (χ3n) is 4.26. The molecule has 0 bridgehead atoms. The van der Waals surface area contributed by atoms with E-state index in [0.29, 0.717) is 0 Å². The van der Waals surface area contributed by atoms with Gasteiger partial charge in [-0.1, -0.05) is 26.0 Å². The summed E-state index contributed by atoms with van der Waals surface area (Å²) in [5, 5.41) is 0. The number of aromatic nitrogens is 2. The number of piperidine rings is 1. The molecule has 21 heavy (non-hydrogen) atoms. The largest absolute Gasteiger partial charge is 0.342 e. The van der Waals surface area contributed by atoms with Gasteiger partial charge in [-0.2, -0.15) is 0 Å². The summed E-state index contributed by atoms with van der Waals surface area (Å²) in [7, 11) is 0. The van der Waals surface area contributed by atoms with E-state index in [1.54, 1.807) is 0 Å². The number of para-hydroxylation sites is 2. The van der Waals surface area contributed by atoms with Crippen LogP contribution in [0.5, 0.6) is 0 Å². The van der Waals surface area contributed by atoms with Gasteiger partial charge < -0.3 is 9.88 Å². The smallest absolute Gasteiger partial charge is 0.326 e. The molecule has 1 saturated heterocycles. The van der Waals surface area contributed by atoms with Gasteiger partial charge in [-0.25, -0.2) is 4.79 Å². The van der Waals surface area contributed by atoms with Crippen LogP contribution in [0, 0.1) is 5.92 Å². The van der Waals surface area contributed by atoms with Crippen LogP contribution in [0.1, 0.15) is 32.7 Å². The molecule has 5 nitrogen and oxygen atoms in total. The average Bonchev–Trinajstić information content (AvgIpc) is 2.82. The molecule has 2 aromatic rings. The molecule has 1 fully saturated rings. The topological polar surface area (TPSA) is 58.1 Å². The number of nitrogens with one attached hydrogen (secondary N) is 1. The lowest BCUT2D eigenvalue weighted by molar-refractivity contribution is -0.135. The number of fused-ring (bicyclic) bond motifs is 1. The number of imidazole rings is 1. The van der Waals surface area contributed by atoms with Gasteiger partial charge >= 0.3 is 5.69 Å². The van der Waals surface area contributed by atoms with Gasteiger partial charge in [-0.15, -0.1) is 0 Å². The number of rotatable bonds is 2. The molecule has 112 valence electrons. The van der Waals surface area contributed by atoms with Crippen molar-refractivity contribution in [1.29, 1.82) is 0 Å². The fourth-order valence-electron chi connectivity index (χ4n) is 3.15. The van der Waals surface area contributed by atoms with E-state index in [-0.39, 0.29) is 23.6 Å². The maximum absolute atomic E-state index is 12.2. The highest BCUT2D eigenvalue weighted by Crippen LogP contribution is 2.25. The lowest BCUT2D eigenvalue weighted by Crippen LogP contribution is -2.42. The second kappa shape index (κ2) is 5.39. The lowest BCUT2D eigenvalue weighted by Gasteiger charge is -2.33. The van der Waals surface area contributed by atoms with Crippen molar-refractivity contribution in [2.75, 3.05) is 13.1 Å². The van der Waals surface area contributed by atoms with Crippen molar-refractivity contribution in [3.05, 3.63) is 34.7 Å². The Morgan fingerprint density at radius 3 is 2.57 bits per heavy atom.